The number of hydrogen-bond donors (Lipinski definition) is 0. The molecule has 0 bridgehead atoms. The van der Waals surface area contributed by atoms with Gasteiger partial charge in [-0.2, -0.15) is 4.39 Å². The zero-order valence-electron chi connectivity index (χ0n) is 8.75. The lowest BCUT2D eigenvalue weighted by Gasteiger charge is -2.09. The van der Waals surface area contributed by atoms with Gasteiger partial charge in [0.25, 0.3) is 0 Å². The summed E-state index contributed by atoms with van der Waals surface area (Å²) in [6, 6.07) is 0.594. The second-order valence-electron chi connectivity index (χ2n) is 3.41. The summed E-state index contributed by atoms with van der Waals surface area (Å²) in [7, 11) is 0. The van der Waals surface area contributed by atoms with Gasteiger partial charge >= 0.3 is 0 Å². The number of hydrogen-bond acceptors (Lipinski definition) is 1. The van der Waals surface area contributed by atoms with Crippen LogP contribution in [0.3, 0.4) is 0 Å². The minimum absolute atomic E-state index is 0.594. The first-order valence-corrected chi connectivity index (χ1v) is 4.68. The quantitative estimate of drug-likeness (QED) is 0.336. The fourth-order valence-corrected chi connectivity index (χ4v) is 1.45. The highest BCUT2D eigenvalue weighted by molar-refractivity contribution is 5.65. The normalized spacial score (nSPS) is 10.9. The van der Waals surface area contributed by atoms with Gasteiger partial charge < -0.3 is 0 Å². The molecule has 19 heavy (non-hydrogen) atoms. The van der Waals surface area contributed by atoms with Crippen LogP contribution in [0.25, 0.3) is 11.1 Å². The standard InChI is InChI=1S/C11H2F7N/c12-5-3(1-2-19-11(5)18)4-6(13)8(15)10(17)9(16)7(4)14/h1-2H. The van der Waals surface area contributed by atoms with E-state index in [1.807, 2.05) is 0 Å². The number of halogens is 7. The molecule has 2 rings (SSSR count). The summed E-state index contributed by atoms with van der Waals surface area (Å²) in [4.78, 5) is 2.84. The summed E-state index contributed by atoms with van der Waals surface area (Å²) >= 11 is 0. The monoisotopic (exact) mass is 281 g/mol. The Bertz CT molecular complexity index is 640. The van der Waals surface area contributed by atoms with Gasteiger partial charge in [-0.1, -0.05) is 0 Å². The molecule has 0 N–H and O–H groups in total. The van der Waals surface area contributed by atoms with Crippen LogP contribution in [0, 0.1) is 40.9 Å². The van der Waals surface area contributed by atoms with Crippen molar-refractivity contribution in [3.63, 3.8) is 0 Å². The van der Waals surface area contributed by atoms with Crippen LogP contribution in [0.5, 0.6) is 0 Å². The molecule has 0 radical (unpaired) electrons. The first kappa shape index (κ1) is 13.3. The summed E-state index contributed by atoms with van der Waals surface area (Å²) in [6.45, 7) is 0. The van der Waals surface area contributed by atoms with E-state index in [0.717, 1.165) is 0 Å². The minimum atomic E-state index is -2.38. The number of benzene rings is 1. The summed E-state index contributed by atoms with van der Waals surface area (Å²) in [5, 5.41) is 0. The molecule has 2 aromatic rings. The van der Waals surface area contributed by atoms with Crippen molar-refractivity contribution >= 4 is 0 Å². The van der Waals surface area contributed by atoms with Crippen LogP contribution in [0.2, 0.25) is 0 Å². The predicted molar refractivity (Wildman–Crippen MR) is 49.4 cm³/mol. The maximum Gasteiger partial charge on any atom is 0.249 e. The molecule has 0 spiro atoms. The smallest absolute Gasteiger partial charge is 0.226 e. The van der Waals surface area contributed by atoms with E-state index in [2.05, 4.69) is 4.98 Å². The number of aromatic nitrogens is 1. The van der Waals surface area contributed by atoms with E-state index in [1.54, 1.807) is 0 Å². The van der Waals surface area contributed by atoms with Crippen molar-refractivity contribution in [3.05, 3.63) is 53.1 Å². The Morgan fingerprint density at radius 3 is 1.63 bits per heavy atom. The van der Waals surface area contributed by atoms with Gasteiger partial charge in [0.05, 0.1) is 5.56 Å². The third-order valence-corrected chi connectivity index (χ3v) is 2.33. The van der Waals surface area contributed by atoms with Gasteiger partial charge in [0.2, 0.25) is 11.8 Å². The fraction of sp³-hybridized carbons (Fsp3) is 0. The first-order chi connectivity index (χ1) is 8.86. The molecule has 1 aromatic heterocycles. The van der Waals surface area contributed by atoms with Crippen molar-refractivity contribution < 1.29 is 30.7 Å². The second kappa shape index (κ2) is 4.52. The molecule has 1 heterocycles. The van der Waals surface area contributed by atoms with Crippen LogP contribution in [0.1, 0.15) is 0 Å². The lowest BCUT2D eigenvalue weighted by atomic mass is 10.0. The Hall–Kier alpha value is -2.12. The van der Waals surface area contributed by atoms with E-state index in [-0.39, 0.29) is 0 Å². The van der Waals surface area contributed by atoms with E-state index in [9.17, 15) is 30.7 Å². The molecule has 1 nitrogen and oxygen atoms in total. The average molecular weight is 281 g/mol. The van der Waals surface area contributed by atoms with Gasteiger partial charge in [0, 0.05) is 11.8 Å². The molecular weight excluding hydrogens is 279 g/mol. The lowest BCUT2D eigenvalue weighted by molar-refractivity contribution is 0.380. The molecular formula is C11H2F7N. The van der Waals surface area contributed by atoms with Crippen LogP contribution >= 0.6 is 0 Å². The number of nitrogens with zero attached hydrogens (tertiary/aromatic N) is 1. The Morgan fingerprint density at radius 2 is 1.11 bits per heavy atom. The fourth-order valence-electron chi connectivity index (χ4n) is 1.45. The molecule has 0 fully saturated rings. The van der Waals surface area contributed by atoms with E-state index in [1.165, 1.54) is 0 Å². The molecule has 0 unspecified atom stereocenters. The van der Waals surface area contributed by atoms with Crippen LogP contribution < -0.4 is 0 Å². The Kier molecular flexibility index (Phi) is 3.17. The van der Waals surface area contributed by atoms with E-state index in [4.69, 9.17) is 0 Å². The minimum Gasteiger partial charge on any atom is -0.226 e. The molecule has 0 saturated heterocycles. The van der Waals surface area contributed by atoms with E-state index >= 15 is 0 Å². The van der Waals surface area contributed by atoms with Crippen molar-refractivity contribution in [1.82, 2.24) is 4.98 Å². The van der Waals surface area contributed by atoms with Crippen molar-refractivity contribution in [2.45, 2.75) is 0 Å². The van der Waals surface area contributed by atoms with Crippen molar-refractivity contribution in [1.29, 1.82) is 0 Å². The van der Waals surface area contributed by atoms with Crippen molar-refractivity contribution in [2.75, 3.05) is 0 Å². The first-order valence-electron chi connectivity index (χ1n) is 4.68. The Morgan fingerprint density at radius 1 is 0.632 bits per heavy atom. The van der Waals surface area contributed by atoms with E-state index < -0.39 is 52.0 Å². The topological polar surface area (TPSA) is 12.9 Å². The summed E-state index contributed by atoms with van der Waals surface area (Å²) in [6.07, 6.45) is 0.631. The number of pyridine rings is 1. The third kappa shape index (κ3) is 1.92. The molecule has 100 valence electrons. The van der Waals surface area contributed by atoms with Crippen molar-refractivity contribution in [2.24, 2.45) is 0 Å². The molecule has 8 heteroatoms. The van der Waals surface area contributed by atoms with Gasteiger partial charge in [-0.25, -0.2) is 31.3 Å². The molecule has 1 aromatic carbocycles. The van der Waals surface area contributed by atoms with Crippen LogP contribution in [-0.4, -0.2) is 4.98 Å². The highest BCUT2D eigenvalue weighted by Crippen LogP contribution is 2.33. The van der Waals surface area contributed by atoms with Gasteiger partial charge in [0.1, 0.15) is 0 Å². The predicted octanol–water partition coefficient (Wildman–Crippen LogP) is 3.72. The SMILES string of the molecule is Fc1nccc(-c2c(F)c(F)c(F)c(F)c2F)c1F. The maximum atomic E-state index is 13.4. The molecule has 0 saturated carbocycles. The second-order valence-corrected chi connectivity index (χ2v) is 3.41. The lowest BCUT2D eigenvalue weighted by Crippen LogP contribution is -2.06. The summed E-state index contributed by atoms with van der Waals surface area (Å²) < 4.78 is 91.5. The van der Waals surface area contributed by atoms with Crippen LogP contribution in [0.4, 0.5) is 30.7 Å². The van der Waals surface area contributed by atoms with Gasteiger partial charge in [0.15, 0.2) is 29.1 Å². The van der Waals surface area contributed by atoms with Crippen molar-refractivity contribution in [3.8, 4) is 11.1 Å². The average Bonchev–Trinajstić information content (AvgIpc) is 2.39. The van der Waals surface area contributed by atoms with Crippen LogP contribution in [0.15, 0.2) is 12.3 Å². The summed E-state index contributed by atoms with van der Waals surface area (Å²) in [5.41, 5.74) is -2.66. The largest absolute Gasteiger partial charge is 0.249 e. The molecule has 0 aliphatic carbocycles. The van der Waals surface area contributed by atoms with E-state index in [0.29, 0.717) is 12.3 Å². The number of rotatable bonds is 1. The Balaban J connectivity index is 2.87. The molecule has 0 aliphatic rings. The highest BCUT2D eigenvalue weighted by Gasteiger charge is 2.28. The zero-order chi connectivity index (χ0) is 14.3. The zero-order valence-corrected chi connectivity index (χ0v) is 8.75. The van der Waals surface area contributed by atoms with Gasteiger partial charge in [-0.15, -0.1) is 0 Å². The van der Waals surface area contributed by atoms with Gasteiger partial charge in [-0.05, 0) is 6.07 Å². The Labute approximate surface area is 101 Å². The summed E-state index contributed by atoms with van der Waals surface area (Å²) in [5.74, 6) is -14.9. The van der Waals surface area contributed by atoms with Gasteiger partial charge in [-0.3, -0.25) is 0 Å². The molecule has 0 atom stereocenters. The molecule has 0 aliphatic heterocycles. The third-order valence-electron chi connectivity index (χ3n) is 2.33. The highest BCUT2D eigenvalue weighted by atomic mass is 19.2. The van der Waals surface area contributed by atoms with Crippen LogP contribution in [-0.2, 0) is 0 Å². The maximum absolute atomic E-state index is 13.4. The molecule has 0 amide bonds.